The zero-order valence-corrected chi connectivity index (χ0v) is 21.9. The van der Waals surface area contributed by atoms with Gasteiger partial charge >= 0.3 is 0 Å². The van der Waals surface area contributed by atoms with Crippen LogP contribution in [0.25, 0.3) is 0 Å². The van der Waals surface area contributed by atoms with Crippen molar-refractivity contribution in [2.45, 2.75) is 126 Å². The maximum Gasteiger partial charge on any atom is 0.0594 e. The highest BCUT2D eigenvalue weighted by atomic mass is 16.3. The maximum absolute atomic E-state index is 10.9. The lowest BCUT2D eigenvalue weighted by Crippen LogP contribution is -2.64. The van der Waals surface area contributed by atoms with Crippen LogP contribution < -0.4 is 0 Å². The first-order chi connectivity index (χ1) is 14.2. The van der Waals surface area contributed by atoms with Gasteiger partial charge in [-0.15, -0.1) is 0 Å². The largest absolute Gasteiger partial charge is 0.393 e. The van der Waals surface area contributed by atoms with E-state index >= 15 is 0 Å². The molecule has 0 saturated heterocycles. The van der Waals surface area contributed by atoms with Crippen molar-refractivity contribution in [2.24, 2.45) is 50.2 Å². The summed E-state index contributed by atoms with van der Waals surface area (Å²) < 4.78 is 0. The van der Waals surface area contributed by atoms with E-state index in [4.69, 9.17) is 0 Å². The number of hydrogen-bond donors (Lipinski definition) is 1. The summed E-state index contributed by atoms with van der Waals surface area (Å²) in [5.74, 6) is 2.21. The van der Waals surface area contributed by atoms with Crippen molar-refractivity contribution in [1.82, 2.24) is 0 Å². The second-order valence-corrected chi connectivity index (χ2v) is 15.2. The van der Waals surface area contributed by atoms with Crippen molar-refractivity contribution in [3.8, 4) is 0 Å². The highest BCUT2D eigenvalue weighted by Crippen LogP contribution is 2.75. The number of hydrogen-bond acceptors (Lipinski definition) is 1. The van der Waals surface area contributed by atoms with Gasteiger partial charge in [-0.3, -0.25) is 0 Å². The molecule has 0 aliphatic heterocycles. The van der Waals surface area contributed by atoms with Crippen LogP contribution in [0.2, 0.25) is 0 Å². The van der Waals surface area contributed by atoms with E-state index in [1.165, 1.54) is 57.8 Å². The smallest absolute Gasteiger partial charge is 0.0594 e. The molecule has 5 rings (SSSR count). The molecule has 4 saturated carbocycles. The number of allylic oxidation sites excluding steroid dienone is 2. The fourth-order valence-electron chi connectivity index (χ4n) is 10.5. The molecule has 4 fully saturated rings. The van der Waals surface area contributed by atoms with E-state index in [-0.39, 0.29) is 11.5 Å². The summed E-state index contributed by atoms with van der Waals surface area (Å²) in [6.45, 7) is 20.4. The maximum atomic E-state index is 10.9. The van der Waals surface area contributed by atoms with Gasteiger partial charge < -0.3 is 5.11 Å². The van der Waals surface area contributed by atoms with Crippen LogP contribution >= 0.6 is 0 Å². The van der Waals surface area contributed by atoms with Gasteiger partial charge in [0.25, 0.3) is 0 Å². The molecule has 0 aromatic heterocycles. The third-order valence-electron chi connectivity index (χ3n) is 13.0. The van der Waals surface area contributed by atoms with E-state index in [0.29, 0.717) is 33.0 Å². The number of rotatable bonds is 0. The van der Waals surface area contributed by atoms with Crippen LogP contribution in [0.15, 0.2) is 11.6 Å². The molecule has 5 aliphatic rings. The Labute approximate surface area is 192 Å². The quantitative estimate of drug-likeness (QED) is 0.387. The first kappa shape index (κ1) is 22.5. The molecule has 8 atom stereocenters. The fraction of sp³-hybridized carbons (Fsp3) is 0.933. The normalized spacial score (nSPS) is 55.2. The summed E-state index contributed by atoms with van der Waals surface area (Å²) in [5, 5.41) is 10.9. The topological polar surface area (TPSA) is 20.2 Å². The highest BCUT2D eigenvalue weighted by molar-refractivity contribution is 5.33. The van der Waals surface area contributed by atoms with Gasteiger partial charge in [0.2, 0.25) is 0 Å². The average molecular weight is 427 g/mol. The summed E-state index contributed by atoms with van der Waals surface area (Å²) in [4.78, 5) is 0. The number of fused-ring (bicyclic) bond motifs is 7. The summed E-state index contributed by atoms with van der Waals surface area (Å²) in [7, 11) is 0. The molecule has 0 unspecified atom stereocenters. The molecule has 0 radical (unpaired) electrons. The number of aliphatic hydroxyl groups excluding tert-OH is 1. The van der Waals surface area contributed by atoms with Crippen LogP contribution in [0.3, 0.4) is 0 Å². The van der Waals surface area contributed by atoms with Gasteiger partial charge in [-0.1, -0.05) is 67.0 Å². The van der Waals surface area contributed by atoms with E-state index in [9.17, 15) is 5.11 Å². The Balaban J connectivity index is 1.57. The first-order valence-electron chi connectivity index (χ1n) is 13.6. The summed E-state index contributed by atoms with van der Waals surface area (Å²) in [5.41, 5.74) is 4.09. The Bertz CT molecular complexity index is 790. The van der Waals surface area contributed by atoms with Gasteiger partial charge in [0.15, 0.2) is 0 Å². The van der Waals surface area contributed by atoms with Crippen molar-refractivity contribution in [3.63, 3.8) is 0 Å². The summed E-state index contributed by atoms with van der Waals surface area (Å²) in [6, 6.07) is 0. The molecule has 0 amide bonds. The molecule has 0 bridgehead atoms. The van der Waals surface area contributed by atoms with E-state index in [0.717, 1.165) is 18.3 Å². The van der Waals surface area contributed by atoms with Gasteiger partial charge in [-0.2, -0.15) is 0 Å². The van der Waals surface area contributed by atoms with Gasteiger partial charge in [0, 0.05) is 0 Å². The zero-order valence-electron chi connectivity index (χ0n) is 21.9. The Kier molecular flexibility index (Phi) is 4.66. The molecular weight excluding hydrogens is 376 g/mol. The Morgan fingerprint density at radius 1 is 0.774 bits per heavy atom. The van der Waals surface area contributed by atoms with Crippen molar-refractivity contribution in [3.05, 3.63) is 11.6 Å². The second kappa shape index (κ2) is 6.43. The molecule has 31 heavy (non-hydrogen) atoms. The van der Waals surface area contributed by atoms with Crippen LogP contribution in [0.1, 0.15) is 120 Å². The van der Waals surface area contributed by atoms with Gasteiger partial charge in [-0.05, 0) is 114 Å². The molecule has 0 spiro atoms. The Hall–Kier alpha value is -0.300. The summed E-state index contributed by atoms with van der Waals surface area (Å²) >= 11 is 0. The lowest BCUT2D eigenvalue weighted by Gasteiger charge is -2.71. The van der Waals surface area contributed by atoms with Crippen molar-refractivity contribution < 1.29 is 5.11 Å². The number of aliphatic hydroxyl groups is 1. The predicted molar refractivity (Wildman–Crippen MR) is 131 cm³/mol. The third-order valence-corrected chi connectivity index (χ3v) is 13.0. The molecule has 176 valence electrons. The standard InChI is InChI=1S/C30H50O/c1-25(2)15-16-27(5)17-18-29(7)20(21(27)19-25)9-10-23-28(6)13-12-24(31)26(3,4)22(28)11-14-30(23,29)8/h9,21-24,31H,10-19H2,1-8H3/t21-,22-,23-,24-,27+,28-,29+,30+/m0/s1. The fourth-order valence-corrected chi connectivity index (χ4v) is 10.5. The molecule has 0 aromatic carbocycles. The van der Waals surface area contributed by atoms with Crippen LogP contribution in [-0.4, -0.2) is 11.2 Å². The molecule has 5 aliphatic carbocycles. The van der Waals surface area contributed by atoms with E-state index in [1.54, 1.807) is 0 Å². The average Bonchev–Trinajstić information content (AvgIpc) is 2.67. The molecule has 1 N–H and O–H groups in total. The predicted octanol–water partition coefficient (Wildman–Crippen LogP) is 8.17. The SMILES string of the molecule is CC1(C)CC[C@]2(C)CC[C@]3(C)C(=CC[C@H]4[C@@]5(C)CC[C@H](O)C(C)(C)[C@@H]5CC[C@]43C)[C@@H]2C1. The van der Waals surface area contributed by atoms with E-state index in [1.807, 2.05) is 5.57 Å². The third kappa shape index (κ3) is 2.77. The van der Waals surface area contributed by atoms with E-state index in [2.05, 4.69) is 61.5 Å². The monoisotopic (exact) mass is 426 g/mol. The summed E-state index contributed by atoms with van der Waals surface area (Å²) in [6.07, 6.45) is 15.9. The van der Waals surface area contributed by atoms with Crippen LogP contribution in [0, 0.1) is 50.2 Å². The lowest BCUT2D eigenvalue weighted by atomic mass is 9.33. The molecule has 0 aromatic rings. The van der Waals surface area contributed by atoms with Crippen LogP contribution in [-0.2, 0) is 0 Å². The zero-order chi connectivity index (χ0) is 22.7. The van der Waals surface area contributed by atoms with E-state index < -0.39 is 0 Å². The van der Waals surface area contributed by atoms with Crippen LogP contribution in [0.5, 0.6) is 0 Å². The van der Waals surface area contributed by atoms with Crippen LogP contribution in [0.4, 0.5) is 0 Å². The first-order valence-corrected chi connectivity index (χ1v) is 13.6. The van der Waals surface area contributed by atoms with Gasteiger partial charge in [0.05, 0.1) is 6.10 Å². The minimum absolute atomic E-state index is 0.0533. The van der Waals surface area contributed by atoms with Crippen molar-refractivity contribution >= 4 is 0 Å². The molecular formula is C30H50O. The Morgan fingerprint density at radius 3 is 2.16 bits per heavy atom. The van der Waals surface area contributed by atoms with Crippen molar-refractivity contribution in [1.29, 1.82) is 0 Å². The minimum atomic E-state index is -0.125. The molecule has 0 heterocycles. The lowest BCUT2D eigenvalue weighted by molar-refractivity contribution is -0.202. The molecule has 1 heteroatoms. The Morgan fingerprint density at radius 2 is 1.45 bits per heavy atom. The minimum Gasteiger partial charge on any atom is -0.393 e. The van der Waals surface area contributed by atoms with Gasteiger partial charge in [0.1, 0.15) is 0 Å². The van der Waals surface area contributed by atoms with Gasteiger partial charge in [-0.25, -0.2) is 0 Å². The highest BCUT2D eigenvalue weighted by Gasteiger charge is 2.67. The van der Waals surface area contributed by atoms with Crippen molar-refractivity contribution in [2.75, 3.05) is 0 Å². The molecule has 1 nitrogen and oxygen atoms in total. The second-order valence-electron chi connectivity index (χ2n) is 15.2.